The average molecular weight is 280 g/mol. The lowest BCUT2D eigenvalue weighted by atomic mass is 9.95. The Kier molecular flexibility index (Phi) is 3.70. The Balaban J connectivity index is 1.53. The minimum absolute atomic E-state index is 0.0989. The van der Waals surface area contributed by atoms with Gasteiger partial charge in [0.1, 0.15) is 17.3 Å². The minimum atomic E-state index is -0.752. The zero-order valence-corrected chi connectivity index (χ0v) is 11.2. The Labute approximate surface area is 116 Å². The molecular formula is C15H18F2N2O. The van der Waals surface area contributed by atoms with Crippen molar-refractivity contribution in [1.82, 2.24) is 5.32 Å². The SMILES string of the molecule is O=C(CNC1CC2CCC1C2)Nc1c(F)cccc1F. The van der Waals surface area contributed by atoms with Crippen LogP contribution in [0.1, 0.15) is 25.7 Å². The first-order valence-corrected chi connectivity index (χ1v) is 7.10. The molecule has 1 aromatic carbocycles. The topological polar surface area (TPSA) is 41.1 Å². The van der Waals surface area contributed by atoms with Gasteiger partial charge >= 0.3 is 0 Å². The second-order valence-corrected chi connectivity index (χ2v) is 5.81. The standard InChI is InChI=1S/C15H18F2N2O/c16-11-2-1-3-12(17)15(11)19-14(20)8-18-13-7-9-4-5-10(13)6-9/h1-3,9-10,13,18H,4-8H2,(H,19,20). The first-order chi connectivity index (χ1) is 9.63. The monoisotopic (exact) mass is 280 g/mol. The molecule has 108 valence electrons. The number of nitrogens with one attached hydrogen (secondary N) is 2. The predicted octanol–water partition coefficient (Wildman–Crippen LogP) is 2.68. The number of carbonyl (C=O) groups excluding carboxylic acids is 1. The van der Waals surface area contributed by atoms with Crippen molar-refractivity contribution in [3.8, 4) is 0 Å². The number of para-hydroxylation sites is 1. The third-order valence-electron chi connectivity index (χ3n) is 4.49. The Bertz CT molecular complexity index is 500. The largest absolute Gasteiger partial charge is 0.320 e. The highest BCUT2D eigenvalue weighted by molar-refractivity contribution is 5.92. The molecule has 2 bridgehead atoms. The number of amides is 1. The average Bonchev–Trinajstić information content (AvgIpc) is 3.03. The Morgan fingerprint density at radius 1 is 1.20 bits per heavy atom. The molecule has 5 heteroatoms. The molecule has 2 aliphatic rings. The second kappa shape index (κ2) is 5.48. The number of anilines is 1. The Morgan fingerprint density at radius 3 is 2.55 bits per heavy atom. The van der Waals surface area contributed by atoms with Crippen LogP contribution in [0.3, 0.4) is 0 Å². The van der Waals surface area contributed by atoms with Gasteiger partial charge in [-0.1, -0.05) is 12.5 Å². The van der Waals surface area contributed by atoms with Gasteiger partial charge in [0.2, 0.25) is 5.91 Å². The van der Waals surface area contributed by atoms with Gasteiger partial charge in [0.15, 0.2) is 0 Å². The summed E-state index contributed by atoms with van der Waals surface area (Å²) < 4.78 is 26.8. The van der Waals surface area contributed by atoms with Crippen LogP contribution in [0.5, 0.6) is 0 Å². The van der Waals surface area contributed by atoms with E-state index < -0.39 is 17.5 Å². The number of benzene rings is 1. The van der Waals surface area contributed by atoms with Crippen LogP contribution in [0, 0.1) is 23.5 Å². The molecule has 3 rings (SSSR count). The van der Waals surface area contributed by atoms with Crippen LogP contribution in [0.15, 0.2) is 18.2 Å². The van der Waals surface area contributed by atoms with Crippen molar-refractivity contribution >= 4 is 11.6 Å². The molecule has 2 saturated carbocycles. The highest BCUT2D eigenvalue weighted by Gasteiger charge is 2.39. The van der Waals surface area contributed by atoms with Crippen molar-refractivity contribution in [3.05, 3.63) is 29.8 Å². The summed E-state index contributed by atoms with van der Waals surface area (Å²) in [5.41, 5.74) is -0.368. The maximum Gasteiger partial charge on any atom is 0.238 e. The van der Waals surface area contributed by atoms with Crippen LogP contribution < -0.4 is 10.6 Å². The number of carbonyl (C=O) groups is 1. The van der Waals surface area contributed by atoms with Crippen LogP contribution in [0.4, 0.5) is 14.5 Å². The summed E-state index contributed by atoms with van der Waals surface area (Å²) in [5, 5.41) is 5.51. The van der Waals surface area contributed by atoms with Crippen molar-refractivity contribution in [3.63, 3.8) is 0 Å². The molecule has 2 fully saturated rings. The molecule has 3 unspecified atom stereocenters. The van der Waals surface area contributed by atoms with Crippen molar-refractivity contribution in [2.24, 2.45) is 11.8 Å². The second-order valence-electron chi connectivity index (χ2n) is 5.81. The molecule has 0 aliphatic heterocycles. The van der Waals surface area contributed by atoms with E-state index in [9.17, 15) is 13.6 Å². The van der Waals surface area contributed by atoms with Gasteiger partial charge in [0, 0.05) is 6.04 Å². The molecule has 0 heterocycles. The quantitative estimate of drug-likeness (QED) is 0.890. The molecular weight excluding hydrogens is 262 g/mol. The van der Waals surface area contributed by atoms with E-state index in [2.05, 4.69) is 10.6 Å². The number of hydrogen-bond donors (Lipinski definition) is 2. The highest BCUT2D eigenvalue weighted by atomic mass is 19.1. The summed E-state index contributed by atoms with van der Waals surface area (Å²) >= 11 is 0. The highest BCUT2D eigenvalue weighted by Crippen LogP contribution is 2.44. The van der Waals surface area contributed by atoms with E-state index in [1.165, 1.54) is 25.3 Å². The first-order valence-electron chi connectivity index (χ1n) is 7.10. The fourth-order valence-electron chi connectivity index (χ4n) is 3.52. The molecule has 0 aromatic heterocycles. The molecule has 0 spiro atoms. The van der Waals surface area contributed by atoms with Gasteiger partial charge < -0.3 is 10.6 Å². The zero-order chi connectivity index (χ0) is 14.1. The van der Waals surface area contributed by atoms with Crippen LogP contribution >= 0.6 is 0 Å². The Morgan fingerprint density at radius 2 is 1.95 bits per heavy atom. The van der Waals surface area contributed by atoms with Crippen molar-refractivity contribution in [2.75, 3.05) is 11.9 Å². The minimum Gasteiger partial charge on any atom is -0.320 e. The summed E-state index contributed by atoms with van der Waals surface area (Å²) in [5.74, 6) is -0.448. The molecule has 3 nitrogen and oxygen atoms in total. The lowest BCUT2D eigenvalue weighted by Crippen LogP contribution is -2.39. The maximum absolute atomic E-state index is 13.4. The maximum atomic E-state index is 13.4. The third kappa shape index (κ3) is 2.68. The lowest BCUT2D eigenvalue weighted by Gasteiger charge is -2.22. The van der Waals surface area contributed by atoms with E-state index in [-0.39, 0.29) is 12.2 Å². The zero-order valence-electron chi connectivity index (χ0n) is 11.2. The van der Waals surface area contributed by atoms with Crippen LogP contribution in [0.2, 0.25) is 0 Å². The van der Waals surface area contributed by atoms with Crippen LogP contribution in [0.25, 0.3) is 0 Å². The van der Waals surface area contributed by atoms with Crippen LogP contribution in [-0.2, 0) is 4.79 Å². The summed E-state index contributed by atoms with van der Waals surface area (Å²) in [4.78, 5) is 11.8. The number of halogens is 2. The van der Waals surface area contributed by atoms with Gasteiger partial charge in [-0.15, -0.1) is 0 Å². The van der Waals surface area contributed by atoms with Crippen LogP contribution in [-0.4, -0.2) is 18.5 Å². The van der Waals surface area contributed by atoms with E-state index in [4.69, 9.17) is 0 Å². The Hall–Kier alpha value is -1.49. The summed E-state index contributed by atoms with van der Waals surface area (Å²) in [6.07, 6.45) is 4.90. The fraction of sp³-hybridized carbons (Fsp3) is 0.533. The first kappa shape index (κ1) is 13.5. The van der Waals surface area contributed by atoms with Crippen molar-refractivity contribution in [1.29, 1.82) is 0 Å². The smallest absolute Gasteiger partial charge is 0.238 e. The number of fused-ring (bicyclic) bond motifs is 2. The molecule has 1 amide bonds. The molecule has 2 aliphatic carbocycles. The van der Waals surface area contributed by atoms with E-state index >= 15 is 0 Å². The summed E-state index contributed by atoms with van der Waals surface area (Å²) in [7, 11) is 0. The van der Waals surface area contributed by atoms with Gasteiger partial charge in [-0.25, -0.2) is 8.78 Å². The van der Waals surface area contributed by atoms with E-state index in [0.29, 0.717) is 12.0 Å². The predicted molar refractivity (Wildman–Crippen MR) is 72.2 cm³/mol. The van der Waals surface area contributed by atoms with Gasteiger partial charge in [-0.2, -0.15) is 0 Å². The lowest BCUT2D eigenvalue weighted by molar-refractivity contribution is -0.115. The van der Waals surface area contributed by atoms with Gasteiger partial charge in [-0.05, 0) is 43.2 Å². The molecule has 0 saturated heterocycles. The normalized spacial score (nSPS) is 27.8. The number of rotatable bonds is 4. The molecule has 2 N–H and O–H groups in total. The number of hydrogen-bond acceptors (Lipinski definition) is 2. The van der Waals surface area contributed by atoms with E-state index in [0.717, 1.165) is 24.5 Å². The van der Waals surface area contributed by atoms with Crippen molar-refractivity contribution < 1.29 is 13.6 Å². The van der Waals surface area contributed by atoms with Gasteiger partial charge in [0.05, 0.1) is 6.54 Å². The summed E-state index contributed by atoms with van der Waals surface area (Å²) in [6, 6.07) is 3.91. The molecule has 20 heavy (non-hydrogen) atoms. The molecule has 3 atom stereocenters. The van der Waals surface area contributed by atoms with E-state index in [1.54, 1.807) is 0 Å². The van der Waals surface area contributed by atoms with Gasteiger partial charge in [-0.3, -0.25) is 4.79 Å². The van der Waals surface area contributed by atoms with Gasteiger partial charge in [0.25, 0.3) is 0 Å². The summed E-state index contributed by atoms with van der Waals surface area (Å²) in [6.45, 7) is 0.0989. The molecule has 1 aromatic rings. The third-order valence-corrected chi connectivity index (χ3v) is 4.49. The van der Waals surface area contributed by atoms with E-state index in [1.807, 2.05) is 0 Å². The van der Waals surface area contributed by atoms with Crippen molar-refractivity contribution in [2.45, 2.75) is 31.7 Å². The fourth-order valence-corrected chi connectivity index (χ4v) is 3.52. The molecule has 0 radical (unpaired) electrons.